The van der Waals surface area contributed by atoms with Crippen molar-refractivity contribution in [3.63, 3.8) is 0 Å². The molecule has 3 atom stereocenters. The van der Waals surface area contributed by atoms with Crippen molar-refractivity contribution < 1.29 is 14.0 Å². The topological polar surface area (TPSA) is 27.7 Å². The Balaban J connectivity index is 4.15. The van der Waals surface area contributed by atoms with Crippen LogP contribution in [-0.2, 0) is 14.0 Å². The zero-order valence-corrected chi connectivity index (χ0v) is 11.7. The zero-order chi connectivity index (χ0) is 12.6. The lowest BCUT2D eigenvalue weighted by atomic mass is 10.1. The van der Waals surface area contributed by atoms with Gasteiger partial charge in [-0.15, -0.1) is 0 Å². The van der Waals surface area contributed by atoms with E-state index >= 15 is 0 Å². The first-order valence-corrected chi connectivity index (χ1v) is 6.49. The van der Waals surface area contributed by atoms with Crippen LogP contribution in [0.4, 0.5) is 0 Å². The number of hydrogen-bond acceptors (Lipinski definition) is 3. The molecule has 16 heavy (non-hydrogen) atoms. The summed E-state index contributed by atoms with van der Waals surface area (Å²) in [6, 6.07) is 0. The van der Waals surface area contributed by atoms with E-state index in [0.717, 1.165) is 19.3 Å². The third kappa shape index (κ3) is 7.26. The first-order valence-electron chi connectivity index (χ1n) is 6.49. The molecule has 0 aliphatic heterocycles. The van der Waals surface area contributed by atoms with E-state index < -0.39 is 7.32 Å². The van der Waals surface area contributed by atoms with Crippen molar-refractivity contribution in [1.29, 1.82) is 0 Å². The highest BCUT2D eigenvalue weighted by atomic mass is 16.7. The fraction of sp³-hybridized carbons (Fsp3) is 1.00. The van der Waals surface area contributed by atoms with E-state index in [2.05, 4.69) is 20.8 Å². The molecule has 3 nitrogen and oxygen atoms in total. The summed E-state index contributed by atoms with van der Waals surface area (Å²) in [7, 11) is -0.528. The molecule has 0 amide bonds. The minimum Gasteiger partial charge on any atom is -0.383 e. The van der Waals surface area contributed by atoms with Crippen LogP contribution in [0.5, 0.6) is 0 Å². The Morgan fingerprint density at radius 2 is 0.938 bits per heavy atom. The molecule has 0 saturated heterocycles. The normalized spacial score (nSPS) is 16.9. The van der Waals surface area contributed by atoms with Crippen LogP contribution in [0.2, 0.25) is 0 Å². The van der Waals surface area contributed by atoms with Gasteiger partial charge >= 0.3 is 7.32 Å². The molecule has 0 heterocycles. The quantitative estimate of drug-likeness (QED) is 0.568. The average molecular weight is 230 g/mol. The van der Waals surface area contributed by atoms with Crippen molar-refractivity contribution >= 4 is 7.32 Å². The lowest BCUT2D eigenvalue weighted by molar-refractivity contribution is 0.0181. The predicted octanol–water partition coefficient (Wildman–Crippen LogP) is 3.42. The van der Waals surface area contributed by atoms with Gasteiger partial charge in [0.2, 0.25) is 0 Å². The highest BCUT2D eigenvalue weighted by Gasteiger charge is 2.27. The van der Waals surface area contributed by atoms with Gasteiger partial charge in [-0.05, 0) is 40.0 Å². The molecule has 0 spiro atoms. The van der Waals surface area contributed by atoms with Gasteiger partial charge < -0.3 is 14.0 Å². The lowest BCUT2D eigenvalue weighted by Crippen LogP contribution is -2.36. The molecular formula is C12H27BO3. The summed E-state index contributed by atoms with van der Waals surface area (Å²) in [5.74, 6) is 0. The molecule has 0 bridgehead atoms. The average Bonchev–Trinajstić information content (AvgIpc) is 2.28. The first kappa shape index (κ1) is 15.9. The fourth-order valence-electron chi connectivity index (χ4n) is 0.954. The molecule has 0 aliphatic rings. The highest BCUT2D eigenvalue weighted by Crippen LogP contribution is 2.09. The third-order valence-corrected chi connectivity index (χ3v) is 2.76. The zero-order valence-electron chi connectivity index (χ0n) is 11.7. The maximum absolute atomic E-state index is 5.70. The van der Waals surface area contributed by atoms with Crippen molar-refractivity contribution in [2.45, 2.75) is 79.1 Å². The first-order chi connectivity index (χ1) is 7.53. The molecule has 0 radical (unpaired) electrons. The second kappa shape index (κ2) is 9.02. The van der Waals surface area contributed by atoms with Crippen molar-refractivity contribution in [3.05, 3.63) is 0 Å². The van der Waals surface area contributed by atoms with E-state index in [4.69, 9.17) is 14.0 Å². The monoisotopic (exact) mass is 230 g/mol. The largest absolute Gasteiger partial charge is 0.639 e. The second-order valence-corrected chi connectivity index (χ2v) is 4.35. The van der Waals surface area contributed by atoms with Gasteiger partial charge in [0.25, 0.3) is 0 Å². The van der Waals surface area contributed by atoms with Gasteiger partial charge in [0, 0.05) is 18.3 Å². The summed E-state index contributed by atoms with van der Waals surface area (Å²) in [6.45, 7) is 12.4. The maximum Gasteiger partial charge on any atom is 0.639 e. The van der Waals surface area contributed by atoms with Crippen LogP contribution in [0.3, 0.4) is 0 Å². The van der Waals surface area contributed by atoms with Crippen molar-refractivity contribution in [2.75, 3.05) is 0 Å². The molecule has 0 fully saturated rings. The summed E-state index contributed by atoms with van der Waals surface area (Å²) >= 11 is 0. The molecule has 4 heteroatoms. The van der Waals surface area contributed by atoms with E-state index in [1.165, 1.54) is 0 Å². The van der Waals surface area contributed by atoms with Crippen LogP contribution >= 0.6 is 0 Å². The second-order valence-electron chi connectivity index (χ2n) is 4.35. The third-order valence-electron chi connectivity index (χ3n) is 2.76. The van der Waals surface area contributed by atoms with Crippen molar-refractivity contribution in [1.82, 2.24) is 0 Å². The minimum atomic E-state index is -0.528. The molecule has 0 saturated carbocycles. The molecule has 0 rings (SSSR count). The van der Waals surface area contributed by atoms with Crippen LogP contribution < -0.4 is 0 Å². The van der Waals surface area contributed by atoms with Crippen molar-refractivity contribution in [2.24, 2.45) is 0 Å². The van der Waals surface area contributed by atoms with Gasteiger partial charge in [0.1, 0.15) is 0 Å². The molecule has 0 N–H and O–H groups in total. The van der Waals surface area contributed by atoms with E-state index in [1.54, 1.807) is 0 Å². The molecular weight excluding hydrogens is 203 g/mol. The molecule has 0 aromatic carbocycles. The van der Waals surface area contributed by atoms with Gasteiger partial charge in [0.05, 0.1) is 0 Å². The molecule has 0 aliphatic carbocycles. The molecule has 96 valence electrons. The lowest BCUT2D eigenvalue weighted by Gasteiger charge is -2.23. The van der Waals surface area contributed by atoms with E-state index in [0.29, 0.717) is 0 Å². The Labute approximate surface area is 101 Å². The fourth-order valence-corrected chi connectivity index (χ4v) is 0.954. The van der Waals surface area contributed by atoms with Gasteiger partial charge in [-0.2, -0.15) is 0 Å². The van der Waals surface area contributed by atoms with Gasteiger partial charge in [0.15, 0.2) is 0 Å². The Kier molecular flexibility index (Phi) is 8.99. The van der Waals surface area contributed by atoms with Gasteiger partial charge in [-0.3, -0.25) is 0 Å². The van der Waals surface area contributed by atoms with E-state index in [9.17, 15) is 0 Å². The summed E-state index contributed by atoms with van der Waals surface area (Å²) in [5.41, 5.74) is 0. The Bertz CT molecular complexity index is 138. The van der Waals surface area contributed by atoms with Crippen LogP contribution in [0.25, 0.3) is 0 Å². The van der Waals surface area contributed by atoms with E-state index in [1.807, 2.05) is 20.8 Å². The summed E-state index contributed by atoms with van der Waals surface area (Å²) in [4.78, 5) is 0. The standard InChI is InChI=1S/C12H27BO3/c1-7-10(4)14-13(15-11(5)8-2)16-12(6)9-3/h10-12H,7-9H2,1-6H3. The number of rotatable bonds is 9. The van der Waals surface area contributed by atoms with Crippen molar-refractivity contribution in [3.8, 4) is 0 Å². The number of hydrogen-bond donors (Lipinski definition) is 0. The van der Waals surface area contributed by atoms with Crippen LogP contribution in [-0.4, -0.2) is 25.6 Å². The molecule has 0 aromatic rings. The van der Waals surface area contributed by atoms with Crippen LogP contribution in [0.15, 0.2) is 0 Å². The minimum absolute atomic E-state index is 0.165. The summed E-state index contributed by atoms with van der Waals surface area (Å²) in [5, 5.41) is 0. The summed E-state index contributed by atoms with van der Waals surface area (Å²) < 4.78 is 17.1. The van der Waals surface area contributed by atoms with Crippen LogP contribution in [0, 0.1) is 0 Å². The predicted molar refractivity (Wildman–Crippen MR) is 68.3 cm³/mol. The smallest absolute Gasteiger partial charge is 0.383 e. The summed E-state index contributed by atoms with van der Waals surface area (Å²) in [6.07, 6.45) is 3.38. The van der Waals surface area contributed by atoms with Gasteiger partial charge in [-0.1, -0.05) is 20.8 Å². The molecule has 0 aromatic heterocycles. The Morgan fingerprint density at radius 1 is 0.688 bits per heavy atom. The van der Waals surface area contributed by atoms with E-state index in [-0.39, 0.29) is 18.3 Å². The van der Waals surface area contributed by atoms with Crippen LogP contribution in [0.1, 0.15) is 60.8 Å². The Morgan fingerprint density at radius 3 is 1.12 bits per heavy atom. The maximum atomic E-state index is 5.70. The highest BCUT2D eigenvalue weighted by molar-refractivity contribution is 6.36. The SMILES string of the molecule is CCC(C)OB(OC(C)CC)OC(C)CC. The Hall–Kier alpha value is -0.0551. The van der Waals surface area contributed by atoms with Gasteiger partial charge in [-0.25, -0.2) is 0 Å². The molecule has 3 unspecified atom stereocenters.